The highest BCUT2D eigenvalue weighted by atomic mass is 16.5. The van der Waals surface area contributed by atoms with Crippen LogP contribution in [0.2, 0.25) is 0 Å². The number of aromatic nitrogens is 1. The molecule has 1 aliphatic heterocycles. The third kappa shape index (κ3) is 6.47. The Labute approximate surface area is 196 Å². The number of hydrogen-bond acceptors (Lipinski definition) is 8. The predicted octanol–water partition coefficient (Wildman–Crippen LogP) is 2.56. The number of hydrogen-bond donors (Lipinski definition) is 4. The fourth-order valence-electron chi connectivity index (χ4n) is 3.47. The van der Waals surface area contributed by atoms with Gasteiger partial charge < -0.3 is 24.9 Å². The lowest BCUT2D eigenvalue weighted by atomic mass is 10.1. The van der Waals surface area contributed by atoms with Crippen LogP contribution < -0.4 is 20.7 Å². The van der Waals surface area contributed by atoms with E-state index in [1.807, 2.05) is 24.3 Å². The second kappa shape index (κ2) is 11.2. The summed E-state index contributed by atoms with van der Waals surface area (Å²) in [4.78, 5) is 32.2. The van der Waals surface area contributed by atoms with Crippen LogP contribution >= 0.6 is 0 Å². The molecule has 34 heavy (non-hydrogen) atoms. The molecule has 0 saturated heterocycles. The molecule has 2 heterocycles. The van der Waals surface area contributed by atoms with Gasteiger partial charge in [-0.05, 0) is 42.7 Å². The SMILES string of the molecule is O=C(CCCOc1ccc(C[C@H](Nc2nc3ccccc3o2)C(=O)O)cc1)NC1=NCCCN1. The number of fused-ring (bicyclic) bond motifs is 1. The molecule has 10 heteroatoms. The number of amides is 1. The maximum atomic E-state index is 12.0. The van der Waals surface area contributed by atoms with Gasteiger partial charge in [-0.15, -0.1) is 0 Å². The van der Waals surface area contributed by atoms with Gasteiger partial charge in [-0.25, -0.2) is 4.79 Å². The van der Waals surface area contributed by atoms with E-state index < -0.39 is 12.0 Å². The van der Waals surface area contributed by atoms with E-state index in [0.717, 1.165) is 25.1 Å². The molecule has 1 aliphatic rings. The molecule has 4 rings (SSSR count). The molecule has 1 atom stereocenters. The van der Waals surface area contributed by atoms with Crippen LogP contribution in [0.15, 0.2) is 57.9 Å². The summed E-state index contributed by atoms with van der Waals surface area (Å²) in [5.74, 6) is 0.0905. The summed E-state index contributed by atoms with van der Waals surface area (Å²) in [6.07, 6.45) is 2.11. The average Bonchev–Trinajstić information content (AvgIpc) is 3.25. The Bertz CT molecular complexity index is 1130. The number of nitrogens with zero attached hydrogens (tertiary/aromatic N) is 2. The molecule has 0 unspecified atom stereocenters. The minimum absolute atomic E-state index is 0.0988. The summed E-state index contributed by atoms with van der Waals surface area (Å²) in [6.45, 7) is 1.93. The van der Waals surface area contributed by atoms with Crippen molar-refractivity contribution in [1.29, 1.82) is 0 Å². The Morgan fingerprint density at radius 3 is 2.74 bits per heavy atom. The van der Waals surface area contributed by atoms with Crippen molar-refractivity contribution in [3.05, 3.63) is 54.1 Å². The number of rotatable bonds is 10. The molecule has 0 radical (unpaired) electrons. The van der Waals surface area contributed by atoms with Crippen LogP contribution in [0.3, 0.4) is 0 Å². The van der Waals surface area contributed by atoms with E-state index in [2.05, 4.69) is 25.9 Å². The summed E-state index contributed by atoms with van der Waals surface area (Å²) < 4.78 is 11.3. The monoisotopic (exact) mass is 465 g/mol. The number of guanidine groups is 1. The van der Waals surface area contributed by atoms with E-state index in [0.29, 0.717) is 42.3 Å². The number of anilines is 1. The summed E-state index contributed by atoms with van der Waals surface area (Å²) in [6, 6.07) is 13.7. The number of nitrogens with one attached hydrogen (secondary N) is 3. The van der Waals surface area contributed by atoms with Crippen LogP contribution in [0.1, 0.15) is 24.8 Å². The molecule has 3 aromatic rings. The van der Waals surface area contributed by atoms with Crippen LogP contribution in [-0.4, -0.2) is 53.7 Å². The van der Waals surface area contributed by atoms with Crippen molar-refractivity contribution in [3.8, 4) is 5.75 Å². The van der Waals surface area contributed by atoms with Crippen LogP contribution in [-0.2, 0) is 16.0 Å². The van der Waals surface area contributed by atoms with Crippen molar-refractivity contribution in [2.75, 3.05) is 25.0 Å². The highest BCUT2D eigenvalue weighted by Gasteiger charge is 2.20. The van der Waals surface area contributed by atoms with Crippen molar-refractivity contribution in [1.82, 2.24) is 15.6 Å². The Kier molecular flexibility index (Phi) is 7.59. The molecule has 178 valence electrons. The Morgan fingerprint density at radius 1 is 1.18 bits per heavy atom. The second-order valence-electron chi connectivity index (χ2n) is 7.88. The highest BCUT2D eigenvalue weighted by Crippen LogP contribution is 2.20. The van der Waals surface area contributed by atoms with Gasteiger partial charge in [-0.2, -0.15) is 4.98 Å². The molecule has 0 aliphatic carbocycles. The largest absolute Gasteiger partial charge is 0.494 e. The Hall–Kier alpha value is -4.08. The standard InChI is InChI=1S/C24H27N5O5/c30-21(29-23-25-12-4-13-26-23)7-3-14-33-17-10-8-16(9-11-17)15-19(22(31)32)28-24-27-18-5-1-2-6-20(18)34-24/h1-2,5-6,8-11,19H,3-4,7,12-15H2,(H,27,28)(H,31,32)(H2,25,26,29,30)/t19-/m0/s1. The van der Waals surface area contributed by atoms with Gasteiger partial charge in [0.25, 0.3) is 6.01 Å². The molecule has 0 fully saturated rings. The lowest BCUT2D eigenvalue weighted by molar-refractivity contribution is -0.138. The molecule has 0 bridgehead atoms. The number of carboxylic acid groups (broad SMARTS) is 1. The summed E-state index contributed by atoms with van der Waals surface area (Å²) in [5, 5.41) is 18.3. The lowest BCUT2D eigenvalue weighted by Gasteiger charge is -2.15. The minimum atomic E-state index is -1.00. The van der Waals surface area contributed by atoms with E-state index in [4.69, 9.17) is 9.15 Å². The first-order valence-electron chi connectivity index (χ1n) is 11.2. The van der Waals surface area contributed by atoms with Gasteiger partial charge in [0.15, 0.2) is 11.5 Å². The average molecular weight is 466 g/mol. The van der Waals surface area contributed by atoms with E-state index in [-0.39, 0.29) is 18.3 Å². The van der Waals surface area contributed by atoms with Crippen LogP contribution in [0.25, 0.3) is 11.1 Å². The number of carbonyl (C=O) groups excluding carboxylic acids is 1. The van der Waals surface area contributed by atoms with Crippen molar-refractivity contribution in [2.24, 2.45) is 4.99 Å². The van der Waals surface area contributed by atoms with Crippen LogP contribution in [0.5, 0.6) is 5.75 Å². The number of aliphatic carboxylic acids is 1. The van der Waals surface area contributed by atoms with Crippen LogP contribution in [0.4, 0.5) is 6.01 Å². The van der Waals surface area contributed by atoms with Gasteiger partial charge in [0.2, 0.25) is 5.91 Å². The van der Waals surface area contributed by atoms with E-state index in [9.17, 15) is 14.7 Å². The Morgan fingerprint density at radius 2 is 2.00 bits per heavy atom. The maximum Gasteiger partial charge on any atom is 0.326 e. The minimum Gasteiger partial charge on any atom is -0.494 e. The number of oxazole rings is 1. The first kappa shape index (κ1) is 23.1. The molecule has 0 spiro atoms. The first-order chi connectivity index (χ1) is 16.6. The first-order valence-corrected chi connectivity index (χ1v) is 11.2. The van der Waals surface area contributed by atoms with Crippen molar-refractivity contribution in [3.63, 3.8) is 0 Å². The van der Waals surface area contributed by atoms with Crippen LogP contribution in [0, 0.1) is 0 Å². The van der Waals surface area contributed by atoms with Crippen molar-refractivity contribution >= 4 is 35.0 Å². The number of carboxylic acids is 1. The fourth-order valence-corrected chi connectivity index (χ4v) is 3.47. The van der Waals surface area contributed by atoms with Gasteiger partial charge in [0, 0.05) is 25.9 Å². The number of para-hydroxylation sites is 2. The van der Waals surface area contributed by atoms with Crippen molar-refractivity contribution < 1.29 is 23.8 Å². The molecular weight excluding hydrogens is 438 g/mol. The molecule has 10 nitrogen and oxygen atoms in total. The summed E-state index contributed by atoms with van der Waals surface area (Å²) >= 11 is 0. The topological polar surface area (TPSA) is 138 Å². The zero-order valence-corrected chi connectivity index (χ0v) is 18.6. The van der Waals surface area contributed by atoms with Gasteiger partial charge in [-0.1, -0.05) is 24.3 Å². The van der Waals surface area contributed by atoms with Gasteiger partial charge in [-0.3, -0.25) is 15.1 Å². The Balaban J connectivity index is 1.23. The fraction of sp³-hybridized carbons (Fsp3) is 0.333. The quantitative estimate of drug-likeness (QED) is 0.335. The zero-order valence-electron chi connectivity index (χ0n) is 18.6. The smallest absolute Gasteiger partial charge is 0.326 e. The number of carbonyl (C=O) groups is 2. The van der Waals surface area contributed by atoms with Gasteiger partial charge >= 0.3 is 5.97 Å². The van der Waals surface area contributed by atoms with Gasteiger partial charge in [0.05, 0.1) is 6.61 Å². The number of aliphatic imine (C=N–C) groups is 1. The maximum absolute atomic E-state index is 12.0. The van der Waals surface area contributed by atoms with E-state index in [1.165, 1.54) is 0 Å². The number of ether oxygens (including phenoxy) is 1. The van der Waals surface area contributed by atoms with E-state index in [1.54, 1.807) is 24.3 Å². The van der Waals surface area contributed by atoms with Crippen molar-refractivity contribution in [2.45, 2.75) is 31.7 Å². The second-order valence-corrected chi connectivity index (χ2v) is 7.88. The lowest BCUT2D eigenvalue weighted by Crippen LogP contribution is -2.43. The zero-order chi connectivity index (χ0) is 23.8. The molecule has 4 N–H and O–H groups in total. The molecule has 0 saturated carbocycles. The third-order valence-electron chi connectivity index (χ3n) is 5.22. The van der Waals surface area contributed by atoms with Gasteiger partial charge in [0.1, 0.15) is 17.3 Å². The molecule has 1 amide bonds. The predicted molar refractivity (Wildman–Crippen MR) is 127 cm³/mol. The summed E-state index contributed by atoms with van der Waals surface area (Å²) in [7, 11) is 0. The highest BCUT2D eigenvalue weighted by molar-refractivity contribution is 5.97. The summed E-state index contributed by atoms with van der Waals surface area (Å²) in [5.41, 5.74) is 2.07. The third-order valence-corrected chi connectivity index (χ3v) is 5.22. The van der Waals surface area contributed by atoms with E-state index >= 15 is 0 Å². The molecular formula is C24H27N5O5. The number of benzene rings is 2. The molecule has 2 aromatic carbocycles. The molecule has 1 aromatic heterocycles. The normalized spacial score (nSPS) is 14.1.